The number of fused-ring (bicyclic) bond motifs is 3. The summed E-state index contributed by atoms with van der Waals surface area (Å²) in [6.45, 7) is 13.2. The van der Waals surface area contributed by atoms with Gasteiger partial charge in [-0.05, 0) is 98.0 Å². The van der Waals surface area contributed by atoms with Gasteiger partial charge in [0.05, 0.1) is 0 Å². The summed E-state index contributed by atoms with van der Waals surface area (Å²) in [6.07, 6.45) is 13.8. The highest BCUT2D eigenvalue weighted by atomic mass is 15.1. The molecule has 6 aromatic rings. The molecule has 0 amide bonds. The van der Waals surface area contributed by atoms with Crippen LogP contribution in [0.3, 0.4) is 0 Å². The zero-order chi connectivity index (χ0) is 35.7. The van der Waals surface area contributed by atoms with Gasteiger partial charge in [-0.25, -0.2) is 0 Å². The zero-order valence-electron chi connectivity index (χ0n) is 30.0. The lowest BCUT2D eigenvalue weighted by Gasteiger charge is -2.31. The lowest BCUT2D eigenvalue weighted by atomic mass is 9.82. The predicted octanol–water partition coefficient (Wildman–Crippen LogP) is 13.8. The molecule has 0 heterocycles. The van der Waals surface area contributed by atoms with Crippen LogP contribution >= 0.6 is 0 Å². The topological polar surface area (TPSA) is 3.24 Å². The van der Waals surface area contributed by atoms with Gasteiger partial charge in [-0.3, -0.25) is 0 Å². The van der Waals surface area contributed by atoms with Crippen LogP contribution in [-0.2, 0) is 5.41 Å². The lowest BCUT2D eigenvalue weighted by Crippen LogP contribution is -2.19. The number of benzene rings is 6. The first-order chi connectivity index (χ1) is 25.4. The molecule has 0 aromatic heterocycles. The SMILES string of the molecule is C=C/C=C\C(=C)c1cc(N(C2=CCC(c3ccccc3)C=C2)c2ccc3c(c2)C(C)(C)c2ccccc2-3)ccc1-c1ccc(-c2ccccc2)cc1. The van der Waals surface area contributed by atoms with Crippen molar-refractivity contribution < 1.29 is 0 Å². The van der Waals surface area contributed by atoms with Gasteiger partial charge < -0.3 is 4.90 Å². The Hall–Kier alpha value is -6.18. The van der Waals surface area contributed by atoms with E-state index in [0.717, 1.165) is 40.1 Å². The van der Waals surface area contributed by atoms with Crippen LogP contribution in [0.15, 0.2) is 201 Å². The monoisotopic (exact) mass is 669 g/mol. The molecule has 0 aliphatic heterocycles. The summed E-state index contributed by atoms with van der Waals surface area (Å²) in [4.78, 5) is 2.42. The Kier molecular flexibility index (Phi) is 8.79. The van der Waals surface area contributed by atoms with Crippen molar-refractivity contribution in [2.75, 3.05) is 4.90 Å². The highest BCUT2D eigenvalue weighted by molar-refractivity contribution is 5.89. The van der Waals surface area contributed by atoms with Crippen LogP contribution in [0.25, 0.3) is 39.0 Å². The molecule has 1 atom stereocenters. The summed E-state index contributed by atoms with van der Waals surface area (Å²) >= 11 is 0. The molecule has 1 unspecified atom stereocenters. The Morgan fingerprint density at radius 3 is 1.98 bits per heavy atom. The molecular weight excluding hydrogens is 627 g/mol. The highest BCUT2D eigenvalue weighted by Crippen LogP contribution is 2.50. The quantitative estimate of drug-likeness (QED) is 0.139. The molecule has 2 aliphatic carbocycles. The molecule has 8 rings (SSSR count). The molecule has 0 bridgehead atoms. The molecule has 0 saturated heterocycles. The van der Waals surface area contributed by atoms with Crippen molar-refractivity contribution in [3.63, 3.8) is 0 Å². The molecule has 252 valence electrons. The van der Waals surface area contributed by atoms with E-state index in [1.807, 2.05) is 6.08 Å². The van der Waals surface area contributed by atoms with Gasteiger partial charge >= 0.3 is 0 Å². The molecule has 0 spiro atoms. The minimum atomic E-state index is -0.104. The third kappa shape index (κ3) is 6.09. The van der Waals surface area contributed by atoms with Crippen LogP contribution in [0.1, 0.15) is 48.4 Å². The van der Waals surface area contributed by atoms with Crippen LogP contribution in [0.2, 0.25) is 0 Å². The number of rotatable bonds is 9. The van der Waals surface area contributed by atoms with E-state index in [4.69, 9.17) is 0 Å². The van der Waals surface area contributed by atoms with Crippen molar-refractivity contribution in [1.82, 2.24) is 0 Å². The smallest absolute Gasteiger partial charge is 0.0468 e. The highest BCUT2D eigenvalue weighted by Gasteiger charge is 2.36. The summed E-state index contributed by atoms with van der Waals surface area (Å²) in [6, 6.07) is 52.9. The average Bonchev–Trinajstić information content (AvgIpc) is 3.43. The molecule has 0 radical (unpaired) electrons. The fourth-order valence-electron chi connectivity index (χ4n) is 7.94. The maximum absolute atomic E-state index is 4.55. The second kappa shape index (κ2) is 13.9. The average molecular weight is 670 g/mol. The van der Waals surface area contributed by atoms with Gasteiger partial charge in [0.2, 0.25) is 0 Å². The van der Waals surface area contributed by atoms with E-state index in [-0.39, 0.29) is 5.41 Å². The van der Waals surface area contributed by atoms with Crippen molar-refractivity contribution in [2.24, 2.45) is 0 Å². The van der Waals surface area contributed by atoms with Gasteiger partial charge in [-0.15, -0.1) is 0 Å². The molecule has 0 saturated carbocycles. The molecule has 1 nitrogen and oxygen atoms in total. The zero-order valence-corrected chi connectivity index (χ0v) is 30.0. The first-order valence-corrected chi connectivity index (χ1v) is 18.2. The van der Waals surface area contributed by atoms with E-state index in [9.17, 15) is 0 Å². The molecular formula is C51H43N. The fourth-order valence-corrected chi connectivity index (χ4v) is 7.94. The van der Waals surface area contributed by atoms with Gasteiger partial charge in [-0.1, -0.05) is 179 Å². The number of nitrogens with zero attached hydrogens (tertiary/aromatic N) is 1. The van der Waals surface area contributed by atoms with Crippen LogP contribution in [0.4, 0.5) is 11.4 Å². The molecule has 1 heteroatoms. The van der Waals surface area contributed by atoms with Crippen LogP contribution in [0.5, 0.6) is 0 Å². The molecule has 0 N–H and O–H groups in total. The van der Waals surface area contributed by atoms with Crippen molar-refractivity contribution in [3.05, 3.63) is 223 Å². The molecule has 6 aromatic carbocycles. The van der Waals surface area contributed by atoms with E-state index < -0.39 is 0 Å². The van der Waals surface area contributed by atoms with Gasteiger partial charge in [-0.2, -0.15) is 0 Å². The Bertz CT molecular complexity index is 2370. The Balaban J connectivity index is 1.25. The largest absolute Gasteiger partial charge is 0.311 e. The first-order valence-electron chi connectivity index (χ1n) is 18.2. The summed E-state index contributed by atoms with van der Waals surface area (Å²) in [5.74, 6) is 0.348. The van der Waals surface area contributed by atoms with Crippen molar-refractivity contribution >= 4 is 16.9 Å². The Labute approximate surface area is 308 Å². The summed E-state index contributed by atoms with van der Waals surface area (Å²) in [7, 11) is 0. The van der Waals surface area contributed by atoms with Crippen molar-refractivity contribution in [1.29, 1.82) is 0 Å². The van der Waals surface area contributed by atoms with Gasteiger partial charge in [0.1, 0.15) is 0 Å². The van der Waals surface area contributed by atoms with Gasteiger partial charge in [0, 0.05) is 28.4 Å². The Morgan fingerprint density at radius 2 is 1.27 bits per heavy atom. The maximum atomic E-state index is 4.55. The van der Waals surface area contributed by atoms with Crippen molar-refractivity contribution in [2.45, 2.75) is 31.6 Å². The number of hydrogen-bond donors (Lipinski definition) is 0. The predicted molar refractivity (Wildman–Crippen MR) is 223 cm³/mol. The normalized spacial score (nSPS) is 15.5. The van der Waals surface area contributed by atoms with E-state index >= 15 is 0 Å². The number of allylic oxidation sites excluding steroid dienone is 7. The fraction of sp³-hybridized carbons (Fsp3) is 0.0980. The molecule has 0 fully saturated rings. The molecule has 2 aliphatic rings. The second-order valence-corrected chi connectivity index (χ2v) is 14.3. The number of anilines is 2. The standard InChI is InChI=1S/C51H43N/c1-5-6-15-36(2)48-34-43(30-32-45(48)41-24-22-39(23-25-41)37-16-9-7-10-17-37)52(42-28-26-40(27-29-42)38-18-11-8-12-19-38)44-31-33-47-46-20-13-14-21-49(46)51(3,4)50(47)35-44/h5-26,28-35,40H,1-2,27H2,3-4H3/b15-6-. The van der Waals surface area contributed by atoms with E-state index in [2.05, 4.69) is 202 Å². The third-order valence-electron chi connectivity index (χ3n) is 10.7. The minimum Gasteiger partial charge on any atom is -0.311 e. The van der Waals surface area contributed by atoms with Crippen LogP contribution in [-0.4, -0.2) is 0 Å². The summed E-state index contributed by atoms with van der Waals surface area (Å²) in [5, 5.41) is 0. The van der Waals surface area contributed by atoms with Crippen LogP contribution < -0.4 is 4.90 Å². The van der Waals surface area contributed by atoms with Gasteiger partial charge in [0.15, 0.2) is 0 Å². The minimum absolute atomic E-state index is 0.104. The lowest BCUT2D eigenvalue weighted by molar-refractivity contribution is 0.660. The Morgan fingerprint density at radius 1 is 0.654 bits per heavy atom. The van der Waals surface area contributed by atoms with Crippen molar-refractivity contribution in [3.8, 4) is 33.4 Å². The third-order valence-corrected chi connectivity index (χ3v) is 10.7. The number of hydrogen-bond acceptors (Lipinski definition) is 1. The van der Waals surface area contributed by atoms with E-state index in [0.29, 0.717) is 5.92 Å². The summed E-state index contributed by atoms with van der Waals surface area (Å²) in [5.41, 5.74) is 16.8. The molecule has 52 heavy (non-hydrogen) atoms. The maximum Gasteiger partial charge on any atom is 0.0468 e. The first kappa shape index (κ1) is 33.0. The summed E-state index contributed by atoms with van der Waals surface area (Å²) < 4.78 is 0. The second-order valence-electron chi connectivity index (χ2n) is 14.3. The van der Waals surface area contributed by atoms with E-state index in [1.54, 1.807) is 6.08 Å². The van der Waals surface area contributed by atoms with Gasteiger partial charge in [0.25, 0.3) is 0 Å². The van der Waals surface area contributed by atoms with E-state index in [1.165, 1.54) is 44.6 Å². The van der Waals surface area contributed by atoms with Crippen LogP contribution in [0, 0.1) is 0 Å².